The molecule has 1 aliphatic rings. The molecule has 1 fully saturated rings. The van der Waals surface area contributed by atoms with E-state index in [2.05, 4.69) is 6.92 Å². The minimum Gasteiger partial charge on any atom is -0.493 e. The first kappa shape index (κ1) is 26.7. The molecule has 1 saturated heterocycles. The number of nitrogens with zero attached hydrogens (tertiary/aromatic N) is 1. The summed E-state index contributed by atoms with van der Waals surface area (Å²) in [5, 5.41) is 1.00. The maximum atomic E-state index is 12.5. The summed E-state index contributed by atoms with van der Waals surface area (Å²) >= 11 is 0. The third-order valence-electron chi connectivity index (χ3n) is 6.56. The summed E-state index contributed by atoms with van der Waals surface area (Å²) in [5.41, 5.74) is 3.04. The molecule has 2 heterocycles. The molecule has 4 rings (SSSR count). The molecule has 0 unspecified atom stereocenters. The molecule has 3 aromatic rings. The van der Waals surface area contributed by atoms with E-state index in [1.54, 1.807) is 25.1 Å². The van der Waals surface area contributed by atoms with Gasteiger partial charge in [0.1, 0.15) is 29.4 Å². The molecule has 1 aliphatic heterocycles. The second-order valence-electron chi connectivity index (χ2n) is 9.27. The Kier molecular flexibility index (Phi) is 9.60. The van der Waals surface area contributed by atoms with E-state index < -0.39 is 5.97 Å². The van der Waals surface area contributed by atoms with Gasteiger partial charge in [0.15, 0.2) is 0 Å². The molecular formula is C30H37NO6. The van der Waals surface area contributed by atoms with Crippen LogP contribution in [0.15, 0.2) is 42.5 Å². The van der Waals surface area contributed by atoms with Gasteiger partial charge >= 0.3 is 5.97 Å². The van der Waals surface area contributed by atoms with Crippen molar-refractivity contribution in [1.82, 2.24) is 4.98 Å². The topological polar surface area (TPSA) is 76.1 Å². The Morgan fingerprint density at radius 3 is 2.65 bits per heavy atom. The van der Waals surface area contributed by atoms with Gasteiger partial charge in [-0.2, -0.15) is 0 Å². The van der Waals surface area contributed by atoms with Crippen molar-refractivity contribution in [2.75, 3.05) is 33.0 Å². The summed E-state index contributed by atoms with van der Waals surface area (Å²) in [4.78, 5) is 17.4. The number of pyridine rings is 1. The Balaban J connectivity index is 1.54. The first-order valence-electron chi connectivity index (χ1n) is 13.3. The Morgan fingerprint density at radius 2 is 1.86 bits per heavy atom. The van der Waals surface area contributed by atoms with Gasteiger partial charge in [0.05, 0.1) is 31.0 Å². The number of rotatable bonds is 12. The summed E-state index contributed by atoms with van der Waals surface area (Å²) in [6.45, 7) is 9.18. The van der Waals surface area contributed by atoms with E-state index in [1.165, 1.54) is 0 Å². The van der Waals surface area contributed by atoms with Crippen LogP contribution in [0.1, 0.15) is 61.1 Å². The predicted molar refractivity (Wildman–Crippen MR) is 143 cm³/mol. The van der Waals surface area contributed by atoms with Crippen LogP contribution in [-0.2, 0) is 16.1 Å². The van der Waals surface area contributed by atoms with Crippen molar-refractivity contribution in [2.24, 2.45) is 5.92 Å². The number of esters is 1. The van der Waals surface area contributed by atoms with Gasteiger partial charge in [0.25, 0.3) is 0 Å². The molecule has 7 heteroatoms. The maximum Gasteiger partial charge on any atom is 0.341 e. The minimum atomic E-state index is -0.406. The fourth-order valence-electron chi connectivity index (χ4n) is 4.33. The number of hydrogen-bond acceptors (Lipinski definition) is 7. The van der Waals surface area contributed by atoms with Gasteiger partial charge in [-0.05, 0) is 63.3 Å². The molecule has 0 atom stereocenters. The summed E-state index contributed by atoms with van der Waals surface area (Å²) in [5.74, 6) is 1.91. The average molecular weight is 508 g/mol. The van der Waals surface area contributed by atoms with E-state index >= 15 is 0 Å². The van der Waals surface area contributed by atoms with Crippen molar-refractivity contribution in [1.29, 1.82) is 0 Å². The lowest BCUT2D eigenvalue weighted by atomic mass is 10.0. The van der Waals surface area contributed by atoms with E-state index in [1.807, 2.05) is 31.2 Å². The van der Waals surface area contributed by atoms with Crippen LogP contribution in [-0.4, -0.2) is 44.0 Å². The lowest BCUT2D eigenvalue weighted by molar-refractivity contribution is 0.0467. The van der Waals surface area contributed by atoms with Crippen LogP contribution in [0.3, 0.4) is 0 Å². The third-order valence-corrected chi connectivity index (χ3v) is 6.56. The summed E-state index contributed by atoms with van der Waals surface area (Å²) in [6, 6.07) is 13.2. The molecule has 0 saturated carbocycles. The first-order valence-corrected chi connectivity index (χ1v) is 13.3. The van der Waals surface area contributed by atoms with E-state index in [0.717, 1.165) is 66.8 Å². The van der Waals surface area contributed by atoms with E-state index in [-0.39, 0.29) is 6.61 Å². The largest absolute Gasteiger partial charge is 0.493 e. The van der Waals surface area contributed by atoms with E-state index in [9.17, 15) is 4.79 Å². The van der Waals surface area contributed by atoms with E-state index in [4.69, 9.17) is 28.7 Å². The van der Waals surface area contributed by atoms with Gasteiger partial charge in [-0.25, -0.2) is 9.78 Å². The second kappa shape index (κ2) is 13.3. The zero-order valence-corrected chi connectivity index (χ0v) is 22.1. The number of hydrogen-bond donors (Lipinski definition) is 0. The van der Waals surface area contributed by atoms with Gasteiger partial charge < -0.3 is 23.7 Å². The maximum absolute atomic E-state index is 12.5. The molecule has 0 bridgehead atoms. The minimum absolute atomic E-state index is 0.263. The fourth-order valence-corrected chi connectivity index (χ4v) is 4.33. The Labute approximate surface area is 219 Å². The molecule has 0 N–H and O–H groups in total. The highest BCUT2D eigenvalue weighted by Crippen LogP contribution is 2.32. The predicted octanol–water partition coefficient (Wildman–Crippen LogP) is 6.28. The second-order valence-corrected chi connectivity index (χ2v) is 9.27. The summed E-state index contributed by atoms with van der Waals surface area (Å²) < 4.78 is 29.1. The van der Waals surface area contributed by atoms with Crippen molar-refractivity contribution in [2.45, 2.75) is 53.1 Å². The number of benzene rings is 2. The van der Waals surface area contributed by atoms with Crippen LogP contribution < -0.4 is 14.2 Å². The molecule has 7 nitrogen and oxygen atoms in total. The van der Waals surface area contributed by atoms with Crippen LogP contribution in [0.4, 0.5) is 0 Å². The summed E-state index contributed by atoms with van der Waals surface area (Å²) in [7, 11) is 0. The highest BCUT2D eigenvalue weighted by atomic mass is 16.5. The first-order chi connectivity index (χ1) is 18.1. The van der Waals surface area contributed by atoms with Gasteiger partial charge in [0.2, 0.25) is 0 Å². The number of para-hydroxylation sites is 1. The molecule has 0 radical (unpaired) electrons. The number of ether oxygens (including phenoxy) is 5. The number of unbranched alkanes of at least 4 members (excludes halogenated alkanes) is 1. The van der Waals surface area contributed by atoms with Crippen LogP contribution in [0.5, 0.6) is 17.2 Å². The molecule has 2 aromatic carbocycles. The molecule has 0 aliphatic carbocycles. The zero-order chi connectivity index (χ0) is 26.0. The Morgan fingerprint density at radius 1 is 1.05 bits per heavy atom. The van der Waals surface area contributed by atoms with Gasteiger partial charge in [-0.15, -0.1) is 0 Å². The SMILES string of the molecule is CCCCOc1c(C)c(COc2ccc(C(=O)OCC)c(OCC3CCOCC3)c2)nc2ccccc12. The molecular weight excluding hydrogens is 470 g/mol. The average Bonchev–Trinajstić information content (AvgIpc) is 2.93. The fraction of sp³-hybridized carbons (Fsp3) is 0.467. The number of carbonyl (C=O) groups excluding carboxylic acids is 1. The highest BCUT2D eigenvalue weighted by molar-refractivity contribution is 5.92. The van der Waals surface area contributed by atoms with Gasteiger partial charge in [0, 0.05) is 30.2 Å². The normalized spacial score (nSPS) is 13.9. The van der Waals surface area contributed by atoms with Crippen LogP contribution in [0, 0.1) is 12.8 Å². The van der Waals surface area contributed by atoms with Crippen LogP contribution >= 0.6 is 0 Å². The van der Waals surface area contributed by atoms with Crippen LogP contribution in [0.2, 0.25) is 0 Å². The standard InChI is InChI=1S/C30H37NO6/c1-4-6-15-35-29-21(3)27(31-26-10-8-7-9-24(26)29)20-36-23-11-12-25(30(32)34-5-2)28(18-23)37-19-22-13-16-33-17-14-22/h7-12,18,22H,4-6,13-17,19-20H2,1-3H3. The Hall–Kier alpha value is -3.32. The van der Waals surface area contributed by atoms with Crippen molar-refractivity contribution in [3.8, 4) is 17.2 Å². The van der Waals surface area contributed by atoms with E-state index in [0.29, 0.717) is 42.8 Å². The van der Waals surface area contributed by atoms with Gasteiger partial charge in [-0.3, -0.25) is 0 Å². The number of carbonyl (C=O) groups is 1. The molecule has 0 amide bonds. The van der Waals surface area contributed by atoms with Crippen molar-refractivity contribution in [3.05, 3.63) is 59.3 Å². The molecule has 0 spiro atoms. The van der Waals surface area contributed by atoms with Crippen molar-refractivity contribution < 1.29 is 28.5 Å². The van der Waals surface area contributed by atoms with Crippen molar-refractivity contribution >= 4 is 16.9 Å². The van der Waals surface area contributed by atoms with Crippen LogP contribution in [0.25, 0.3) is 10.9 Å². The van der Waals surface area contributed by atoms with Gasteiger partial charge in [-0.1, -0.05) is 25.5 Å². The zero-order valence-electron chi connectivity index (χ0n) is 22.1. The summed E-state index contributed by atoms with van der Waals surface area (Å²) in [6.07, 6.45) is 3.95. The van der Waals surface area contributed by atoms with Crippen molar-refractivity contribution in [3.63, 3.8) is 0 Å². The number of fused-ring (bicyclic) bond motifs is 1. The third kappa shape index (κ3) is 6.92. The molecule has 198 valence electrons. The molecule has 37 heavy (non-hydrogen) atoms. The monoisotopic (exact) mass is 507 g/mol. The smallest absolute Gasteiger partial charge is 0.341 e. The highest BCUT2D eigenvalue weighted by Gasteiger charge is 2.20. The molecule has 1 aromatic heterocycles. The Bertz CT molecular complexity index is 1190. The quantitative estimate of drug-likeness (QED) is 0.211. The lowest BCUT2D eigenvalue weighted by Crippen LogP contribution is -2.22. The lowest BCUT2D eigenvalue weighted by Gasteiger charge is -2.23. The number of aromatic nitrogens is 1.